The summed E-state index contributed by atoms with van der Waals surface area (Å²) in [6.07, 6.45) is 1.24. The van der Waals surface area contributed by atoms with E-state index in [9.17, 15) is 14.7 Å². The molecule has 2 N–H and O–H groups in total. The van der Waals surface area contributed by atoms with Crippen LogP contribution in [0.1, 0.15) is 19.8 Å². The summed E-state index contributed by atoms with van der Waals surface area (Å²) < 4.78 is 0. The van der Waals surface area contributed by atoms with Crippen molar-refractivity contribution in [2.45, 2.75) is 25.3 Å². The van der Waals surface area contributed by atoms with Gasteiger partial charge in [0.1, 0.15) is 11.8 Å². The number of carbonyl (C=O) groups is 2. The summed E-state index contributed by atoms with van der Waals surface area (Å²) in [7, 11) is 0. The third-order valence-corrected chi connectivity index (χ3v) is 3.13. The highest BCUT2D eigenvalue weighted by atomic mass is 16.4. The number of carboxylic acids is 1. The van der Waals surface area contributed by atoms with Crippen LogP contribution in [0.4, 0.5) is 0 Å². The van der Waals surface area contributed by atoms with Gasteiger partial charge in [0, 0.05) is 32.6 Å². The van der Waals surface area contributed by atoms with Crippen molar-refractivity contribution in [2.75, 3.05) is 26.2 Å². The molecule has 0 aliphatic carbocycles. The van der Waals surface area contributed by atoms with Crippen LogP contribution in [0.3, 0.4) is 0 Å². The second kappa shape index (κ2) is 5.23. The molecule has 0 aromatic carbocycles. The van der Waals surface area contributed by atoms with Crippen LogP contribution in [0, 0.1) is 0 Å². The van der Waals surface area contributed by atoms with Crippen LogP contribution in [0.15, 0.2) is 0 Å². The van der Waals surface area contributed by atoms with Crippen LogP contribution in [0.5, 0.6) is 0 Å². The summed E-state index contributed by atoms with van der Waals surface area (Å²) >= 11 is 0. The Kier molecular flexibility index (Phi) is 4.23. The number of nitrogens with one attached hydrogen (secondary N) is 1. The molecule has 1 atom stereocenters. The molecule has 5 nitrogen and oxygen atoms in total. The smallest absolute Gasteiger partial charge is 0.324 e. The molecule has 1 heterocycles. The number of carboxylic acid groups (broad SMARTS) is 1. The van der Waals surface area contributed by atoms with Gasteiger partial charge in [0.15, 0.2) is 0 Å². The van der Waals surface area contributed by atoms with Crippen LogP contribution in [0.2, 0.25) is 0 Å². The van der Waals surface area contributed by atoms with Crippen molar-refractivity contribution in [1.29, 1.82) is 0 Å². The minimum Gasteiger partial charge on any atom is -0.480 e. The predicted molar refractivity (Wildman–Crippen MR) is 55.8 cm³/mol. The van der Waals surface area contributed by atoms with Crippen LogP contribution >= 0.6 is 0 Å². The minimum atomic E-state index is -0.996. The highest BCUT2D eigenvalue weighted by Gasteiger charge is 2.42. The maximum atomic E-state index is 11.3. The largest absolute Gasteiger partial charge is 0.480 e. The van der Waals surface area contributed by atoms with Gasteiger partial charge in [0.2, 0.25) is 0 Å². The second-order valence-electron chi connectivity index (χ2n) is 3.80. The lowest BCUT2D eigenvalue weighted by molar-refractivity contribution is -0.154. The maximum absolute atomic E-state index is 11.3. The lowest BCUT2D eigenvalue weighted by atomic mass is 9.90. The minimum absolute atomic E-state index is 0.0683. The number of aliphatic carboxylic acids is 1. The molecule has 0 aromatic heterocycles. The topological polar surface area (TPSA) is 69.6 Å². The molecule has 0 saturated carbocycles. The van der Waals surface area contributed by atoms with Gasteiger partial charge in [-0.05, 0) is 6.42 Å². The number of nitrogens with zero attached hydrogens (tertiary/aromatic N) is 1. The molecule has 0 radical (unpaired) electrons. The summed E-state index contributed by atoms with van der Waals surface area (Å²) in [6.45, 7) is 4.77. The molecule has 0 aromatic rings. The van der Waals surface area contributed by atoms with E-state index in [4.69, 9.17) is 0 Å². The lowest BCUT2D eigenvalue weighted by Gasteiger charge is -2.41. The highest BCUT2D eigenvalue weighted by molar-refractivity contribution is 5.82. The average molecular weight is 214 g/mol. The van der Waals surface area contributed by atoms with Gasteiger partial charge in [-0.25, -0.2) is 0 Å². The summed E-state index contributed by atoms with van der Waals surface area (Å²) in [5, 5.41) is 12.5. The molecule has 1 aliphatic heterocycles. The number of carbonyl (C=O) groups excluding carboxylic acids is 1. The molecule has 86 valence electrons. The molecule has 5 heteroatoms. The Morgan fingerprint density at radius 1 is 1.53 bits per heavy atom. The number of hydrogen-bond donors (Lipinski definition) is 2. The predicted octanol–water partition coefficient (Wildman–Crippen LogP) is -0.286. The standard InChI is InChI=1S/C10H18N2O3/c1-2-10(3-8-13,9(14)15)12-6-4-11-5-7-12/h8,11H,2-7H2,1H3,(H,14,15). The van der Waals surface area contributed by atoms with Gasteiger partial charge >= 0.3 is 5.97 Å². The third-order valence-electron chi connectivity index (χ3n) is 3.13. The van der Waals surface area contributed by atoms with Crippen LogP contribution < -0.4 is 5.32 Å². The molecule has 1 fully saturated rings. The van der Waals surface area contributed by atoms with Gasteiger partial charge in [0.05, 0.1) is 0 Å². The van der Waals surface area contributed by atoms with Crippen LogP contribution in [0.25, 0.3) is 0 Å². The van der Waals surface area contributed by atoms with E-state index in [0.717, 1.165) is 13.1 Å². The van der Waals surface area contributed by atoms with Gasteiger partial charge in [-0.1, -0.05) is 6.92 Å². The SMILES string of the molecule is CCC(CC=O)(C(=O)O)N1CCNCC1. The van der Waals surface area contributed by atoms with Gasteiger partial charge in [-0.3, -0.25) is 9.69 Å². The zero-order valence-corrected chi connectivity index (χ0v) is 9.03. The zero-order chi connectivity index (χ0) is 11.3. The zero-order valence-electron chi connectivity index (χ0n) is 9.03. The molecule has 1 saturated heterocycles. The monoisotopic (exact) mass is 214 g/mol. The van der Waals surface area contributed by atoms with Crippen LogP contribution in [-0.2, 0) is 9.59 Å². The molecule has 0 amide bonds. The van der Waals surface area contributed by atoms with Gasteiger partial charge in [-0.2, -0.15) is 0 Å². The Balaban J connectivity index is 2.85. The van der Waals surface area contributed by atoms with Gasteiger partial charge in [-0.15, -0.1) is 0 Å². The Morgan fingerprint density at radius 2 is 2.13 bits per heavy atom. The number of piperazine rings is 1. The average Bonchev–Trinajstić information content (AvgIpc) is 2.26. The van der Waals surface area contributed by atoms with Crippen molar-refractivity contribution in [3.05, 3.63) is 0 Å². The number of aldehydes is 1. The van der Waals surface area contributed by atoms with Crippen molar-refractivity contribution in [3.8, 4) is 0 Å². The Morgan fingerprint density at radius 3 is 2.53 bits per heavy atom. The lowest BCUT2D eigenvalue weighted by Crippen LogP contribution is -2.60. The Labute approximate surface area is 89.4 Å². The Hall–Kier alpha value is -0.940. The summed E-state index contributed by atoms with van der Waals surface area (Å²) in [5.41, 5.74) is -0.996. The summed E-state index contributed by atoms with van der Waals surface area (Å²) in [5.74, 6) is -0.890. The van der Waals surface area contributed by atoms with Crippen molar-refractivity contribution in [1.82, 2.24) is 10.2 Å². The fourth-order valence-corrected chi connectivity index (χ4v) is 2.10. The first kappa shape index (κ1) is 12.1. The quantitative estimate of drug-likeness (QED) is 0.616. The van der Waals surface area contributed by atoms with E-state index in [1.807, 2.05) is 11.8 Å². The summed E-state index contributed by atoms with van der Waals surface area (Å²) in [4.78, 5) is 23.8. The molecule has 0 bridgehead atoms. The first-order valence-electron chi connectivity index (χ1n) is 5.30. The molecular formula is C10H18N2O3. The van der Waals surface area contributed by atoms with Crippen molar-refractivity contribution >= 4 is 12.3 Å². The first-order chi connectivity index (χ1) is 7.17. The van der Waals surface area contributed by atoms with E-state index in [-0.39, 0.29) is 6.42 Å². The molecule has 0 spiro atoms. The van der Waals surface area contributed by atoms with Crippen molar-refractivity contribution in [2.24, 2.45) is 0 Å². The van der Waals surface area contributed by atoms with Gasteiger partial charge in [0.25, 0.3) is 0 Å². The highest BCUT2D eigenvalue weighted by Crippen LogP contribution is 2.24. The van der Waals surface area contributed by atoms with E-state index in [2.05, 4.69) is 5.32 Å². The molecule has 1 rings (SSSR count). The second-order valence-corrected chi connectivity index (χ2v) is 3.80. The van der Waals surface area contributed by atoms with Crippen LogP contribution in [-0.4, -0.2) is 54.0 Å². The fourth-order valence-electron chi connectivity index (χ4n) is 2.10. The fraction of sp³-hybridized carbons (Fsp3) is 0.800. The molecule has 15 heavy (non-hydrogen) atoms. The van der Waals surface area contributed by atoms with E-state index in [1.54, 1.807) is 0 Å². The normalized spacial score (nSPS) is 21.9. The first-order valence-corrected chi connectivity index (χ1v) is 5.30. The maximum Gasteiger partial charge on any atom is 0.324 e. The van der Waals surface area contributed by atoms with E-state index in [0.29, 0.717) is 25.8 Å². The third kappa shape index (κ3) is 2.35. The van der Waals surface area contributed by atoms with E-state index in [1.165, 1.54) is 0 Å². The van der Waals surface area contributed by atoms with Crippen molar-refractivity contribution < 1.29 is 14.7 Å². The molecular weight excluding hydrogens is 196 g/mol. The summed E-state index contributed by atoms with van der Waals surface area (Å²) in [6, 6.07) is 0. The van der Waals surface area contributed by atoms with E-state index >= 15 is 0 Å². The number of rotatable bonds is 5. The van der Waals surface area contributed by atoms with E-state index < -0.39 is 11.5 Å². The van der Waals surface area contributed by atoms with Crippen molar-refractivity contribution in [3.63, 3.8) is 0 Å². The molecule has 1 unspecified atom stereocenters. The van der Waals surface area contributed by atoms with Gasteiger partial charge < -0.3 is 15.2 Å². The molecule has 1 aliphatic rings. The Bertz CT molecular complexity index is 239. The number of hydrogen-bond acceptors (Lipinski definition) is 4.